The number of hydrogen-bond acceptors (Lipinski definition) is 3. The van der Waals surface area contributed by atoms with Gasteiger partial charge in [-0.05, 0) is 72.3 Å². The lowest BCUT2D eigenvalue weighted by molar-refractivity contribution is 0.102. The molecule has 5 nitrogen and oxygen atoms in total. The van der Waals surface area contributed by atoms with Gasteiger partial charge in [0, 0.05) is 28.2 Å². The zero-order chi connectivity index (χ0) is 23.0. The van der Waals surface area contributed by atoms with Crippen molar-refractivity contribution in [2.45, 2.75) is 17.7 Å². The first-order chi connectivity index (χ1) is 15.9. The molecule has 0 aromatic heterocycles. The van der Waals surface area contributed by atoms with Gasteiger partial charge in [0.05, 0.1) is 10.6 Å². The number of amides is 1. The van der Waals surface area contributed by atoms with Crippen LogP contribution in [-0.4, -0.2) is 20.9 Å². The first-order valence-electron chi connectivity index (χ1n) is 10.6. The van der Waals surface area contributed by atoms with E-state index in [-0.39, 0.29) is 10.8 Å². The lowest BCUT2D eigenvalue weighted by Gasteiger charge is -2.30. The average molecular weight is 477 g/mol. The molecule has 5 rings (SSSR count). The Morgan fingerprint density at radius 1 is 0.909 bits per heavy atom. The van der Waals surface area contributed by atoms with Crippen LogP contribution in [0.2, 0.25) is 5.02 Å². The highest BCUT2D eigenvalue weighted by molar-refractivity contribution is 7.92. The molecule has 1 heterocycles. The fraction of sp³-hybridized carbons (Fsp3) is 0.115. The van der Waals surface area contributed by atoms with Crippen molar-refractivity contribution >= 4 is 49.7 Å². The van der Waals surface area contributed by atoms with Crippen molar-refractivity contribution in [1.82, 2.24) is 0 Å². The molecule has 0 saturated carbocycles. The summed E-state index contributed by atoms with van der Waals surface area (Å²) in [5.74, 6) is -0.230. The highest BCUT2D eigenvalue weighted by Crippen LogP contribution is 2.33. The molecule has 166 valence electrons. The summed E-state index contributed by atoms with van der Waals surface area (Å²) < 4.78 is 27.9. The molecule has 0 unspecified atom stereocenters. The van der Waals surface area contributed by atoms with Crippen molar-refractivity contribution in [3.05, 3.63) is 101 Å². The SMILES string of the molecule is O=C(Nc1cccc2ccccc12)c1ccc2c(c1)CCCN2S(=O)(=O)c1ccc(Cl)cc1. The number of nitrogens with zero attached hydrogens (tertiary/aromatic N) is 1. The van der Waals surface area contributed by atoms with E-state index in [2.05, 4.69) is 5.32 Å². The van der Waals surface area contributed by atoms with Crippen LogP contribution in [0, 0.1) is 0 Å². The third-order valence-electron chi connectivity index (χ3n) is 5.86. The predicted molar refractivity (Wildman–Crippen MR) is 133 cm³/mol. The van der Waals surface area contributed by atoms with Gasteiger partial charge in [-0.25, -0.2) is 8.42 Å². The van der Waals surface area contributed by atoms with Crippen molar-refractivity contribution in [1.29, 1.82) is 0 Å². The summed E-state index contributed by atoms with van der Waals surface area (Å²) in [5, 5.41) is 5.49. The van der Waals surface area contributed by atoms with Gasteiger partial charge in [0.1, 0.15) is 0 Å². The number of hydrogen-bond donors (Lipinski definition) is 1. The summed E-state index contributed by atoms with van der Waals surface area (Å²) >= 11 is 5.92. The van der Waals surface area contributed by atoms with Crippen molar-refractivity contribution in [3.8, 4) is 0 Å². The second-order valence-electron chi connectivity index (χ2n) is 7.96. The molecule has 0 spiro atoms. The molecule has 0 aliphatic carbocycles. The monoisotopic (exact) mass is 476 g/mol. The van der Waals surface area contributed by atoms with Crippen LogP contribution in [0.1, 0.15) is 22.3 Å². The standard InChI is InChI=1S/C26H21ClN2O3S/c27-21-11-13-22(14-12-21)33(31,32)29-16-4-7-19-17-20(10-15-25(19)29)26(30)28-24-9-3-6-18-5-1-2-8-23(18)24/h1-3,5-6,8-15,17H,4,7,16H2,(H,28,30). The van der Waals surface area contributed by atoms with E-state index in [1.807, 2.05) is 42.5 Å². The maximum atomic E-state index is 13.2. The highest BCUT2D eigenvalue weighted by atomic mass is 35.5. The van der Waals surface area contributed by atoms with E-state index in [0.717, 1.165) is 22.0 Å². The van der Waals surface area contributed by atoms with E-state index in [0.29, 0.717) is 35.7 Å². The van der Waals surface area contributed by atoms with Crippen molar-refractivity contribution < 1.29 is 13.2 Å². The molecule has 0 bridgehead atoms. The van der Waals surface area contributed by atoms with Crippen LogP contribution in [0.5, 0.6) is 0 Å². The van der Waals surface area contributed by atoms with Crippen LogP contribution in [0.25, 0.3) is 10.8 Å². The molecule has 0 fully saturated rings. The highest BCUT2D eigenvalue weighted by Gasteiger charge is 2.29. The van der Waals surface area contributed by atoms with E-state index in [4.69, 9.17) is 11.6 Å². The summed E-state index contributed by atoms with van der Waals surface area (Å²) in [7, 11) is -3.72. The van der Waals surface area contributed by atoms with Gasteiger partial charge in [-0.1, -0.05) is 48.0 Å². The number of fused-ring (bicyclic) bond motifs is 2. The third kappa shape index (κ3) is 4.08. The summed E-state index contributed by atoms with van der Waals surface area (Å²) in [4.78, 5) is 13.2. The zero-order valence-corrected chi connectivity index (χ0v) is 19.2. The Balaban J connectivity index is 1.45. The van der Waals surface area contributed by atoms with Crippen molar-refractivity contribution in [2.24, 2.45) is 0 Å². The van der Waals surface area contributed by atoms with Gasteiger partial charge in [0.15, 0.2) is 0 Å². The largest absolute Gasteiger partial charge is 0.321 e. The van der Waals surface area contributed by atoms with Crippen molar-refractivity contribution in [2.75, 3.05) is 16.2 Å². The molecule has 0 saturated heterocycles. The maximum Gasteiger partial charge on any atom is 0.264 e. The molecule has 4 aromatic carbocycles. The molecule has 1 aliphatic heterocycles. The Morgan fingerprint density at radius 3 is 2.48 bits per heavy atom. The molecule has 1 amide bonds. The number of halogens is 1. The van der Waals surface area contributed by atoms with Crippen LogP contribution < -0.4 is 9.62 Å². The lowest BCUT2D eigenvalue weighted by Crippen LogP contribution is -2.35. The van der Waals surface area contributed by atoms with Gasteiger partial charge in [0.2, 0.25) is 0 Å². The number of aryl methyl sites for hydroxylation is 1. The Hall–Kier alpha value is -3.35. The summed E-state index contributed by atoms with van der Waals surface area (Å²) in [6, 6.07) is 25.0. The van der Waals surface area contributed by atoms with Gasteiger partial charge in [-0.3, -0.25) is 9.10 Å². The maximum absolute atomic E-state index is 13.2. The molecule has 4 aromatic rings. The van der Waals surface area contributed by atoms with Crippen LogP contribution in [0.15, 0.2) is 89.8 Å². The molecule has 7 heteroatoms. The Morgan fingerprint density at radius 2 is 1.67 bits per heavy atom. The van der Waals surface area contributed by atoms with E-state index in [9.17, 15) is 13.2 Å². The van der Waals surface area contributed by atoms with Crippen LogP contribution in [0.3, 0.4) is 0 Å². The number of anilines is 2. The fourth-order valence-corrected chi connectivity index (χ4v) is 5.88. The number of rotatable bonds is 4. The minimum atomic E-state index is -3.72. The molecular formula is C26H21ClN2O3S. The molecule has 33 heavy (non-hydrogen) atoms. The van der Waals surface area contributed by atoms with E-state index < -0.39 is 10.0 Å². The lowest BCUT2D eigenvalue weighted by atomic mass is 10.0. The minimum Gasteiger partial charge on any atom is -0.321 e. The Kier molecular flexibility index (Phi) is 5.56. The number of benzene rings is 4. The van der Waals surface area contributed by atoms with E-state index >= 15 is 0 Å². The number of nitrogens with one attached hydrogen (secondary N) is 1. The van der Waals surface area contributed by atoms with Gasteiger partial charge in [-0.2, -0.15) is 0 Å². The predicted octanol–water partition coefficient (Wildman–Crippen LogP) is 5.89. The topological polar surface area (TPSA) is 66.5 Å². The number of sulfonamides is 1. The first kappa shape index (κ1) is 21.5. The average Bonchev–Trinajstić information content (AvgIpc) is 2.83. The molecule has 0 radical (unpaired) electrons. The summed E-state index contributed by atoms with van der Waals surface area (Å²) in [5.41, 5.74) is 2.68. The second kappa shape index (κ2) is 8.54. The molecule has 1 aliphatic rings. The smallest absolute Gasteiger partial charge is 0.264 e. The molecule has 0 atom stereocenters. The first-order valence-corrected chi connectivity index (χ1v) is 12.5. The molecular weight excluding hydrogens is 456 g/mol. The van der Waals surface area contributed by atoms with Gasteiger partial charge < -0.3 is 5.32 Å². The van der Waals surface area contributed by atoms with E-state index in [1.54, 1.807) is 30.3 Å². The number of carbonyl (C=O) groups is 1. The van der Waals surface area contributed by atoms with Gasteiger partial charge in [-0.15, -0.1) is 0 Å². The third-order valence-corrected chi connectivity index (χ3v) is 7.94. The Labute approximate surface area is 197 Å². The normalized spacial score (nSPS) is 13.5. The van der Waals surface area contributed by atoms with Gasteiger partial charge >= 0.3 is 0 Å². The quantitative estimate of drug-likeness (QED) is 0.399. The van der Waals surface area contributed by atoms with Gasteiger partial charge in [0.25, 0.3) is 15.9 Å². The zero-order valence-electron chi connectivity index (χ0n) is 17.7. The van der Waals surface area contributed by atoms with Crippen LogP contribution in [-0.2, 0) is 16.4 Å². The number of carbonyl (C=O) groups excluding carboxylic acids is 1. The summed E-state index contributed by atoms with van der Waals surface area (Å²) in [6.45, 7) is 0.388. The van der Waals surface area contributed by atoms with Crippen LogP contribution in [0.4, 0.5) is 11.4 Å². The van der Waals surface area contributed by atoms with Crippen LogP contribution >= 0.6 is 11.6 Å². The van der Waals surface area contributed by atoms with E-state index in [1.165, 1.54) is 16.4 Å². The van der Waals surface area contributed by atoms with Crippen molar-refractivity contribution in [3.63, 3.8) is 0 Å². The fourth-order valence-electron chi connectivity index (χ4n) is 4.22. The summed E-state index contributed by atoms with van der Waals surface area (Å²) in [6.07, 6.45) is 1.38. The second-order valence-corrected chi connectivity index (χ2v) is 10.3. The minimum absolute atomic E-state index is 0.192. The molecule has 1 N–H and O–H groups in total. The Bertz CT molecular complexity index is 1460.